The van der Waals surface area contributed by atoms with Crippen LogP contribution in [0.2, 0.25) is 0 Å². The van der Waals surface area contributed by atoms with Gasteiger partial charge in [0.1, 0.15) is 11.6 Å². The van der Waals surface area contributed by atoms with Crippen LogP contribution in [0.15, 0.2) is 78.9 Å². The number of rotatable bonds is 2. The highest BCUT2D eigenvalue weighted by Crippen LogP contribution is 2.49. The predicted molar refractivity (Wildman–Crippen MR) is 110 cm³/mol. The SMILES string of the molecule is C[C@]12C[C@H](c3ccccc3O1)N(C(=O)c1cccc(F)c1)C(=O)N2c1ccccc1. The molecule has 1 fully saturated rings. The smallest absolute Gasteiger partial charge is 0.335 e. The summed E-state index contributed by atoms with van der Waals surface area (Å²) in [6.07, 6.45) is 0.395. The van der Waals surface area contributed by atoms with E-state index in [2.05, 4.69) is 0 Å². The molecule has 5 rings (SSSR count). The highest BCUT2D eigenvalue weighted by Gasteiger charge is 2.55. The molecule has 3 aromatic carbocycles. The Morgan fingerprint density at radius 3 is 2.53 bits per heavy atom. The number of benzene rings is 3. The highest BCUT2D eigenvalue weighted by molar-refractivity contribution is 6.10. The van der Waals surface area contributed by atoms with Crippen LogP contribution >= 0.6 is 0 Å². The van der Waals surface area contributed by atoms with Crippen LogP contribution in [-0.2, 0) is 0 Å². The number of carbonyl (C=O) groups is 2. The van der Waals surface area contributed by atoms with Crippen molar-refractivity contribution in [2.45, 2.75) is 25.1 Å². The van der Waals surface area contributed by atoms with Gasteiger partial charge in [-0.1, -0.05) is 42.5 Å². The standard InChI is InChI=1S/C24H19FN2O3/c1-24-15-20(19-12-5-6-13-21(19)30-24)26(22(28)16-8-7-9-17(25)14-16)23(29)27(24)18-10-3-2-4-11-18/h2-14,20H,15H2,1H3/t20-,24-/m1/s1. The lowest BCUT2D eigenvalue weighted by molar-refractivity contribution is 0.00266. The number of hydrogen-bond donors (Lipinski definition) is 0. The van der Waals surface area contributed by atoms with Gasteiger partial charge in [-0.25, -0.2) is 9.18 Å². The third kappa shape index (κ3) is 2.76. The molecule has 2 atom stereocenters. The molecule has 2 aliphatic rings. The van der Waals surface area contributed by atoms with Crippen molar-refractivity contribution >= 4 is 17.6 Å². The van der Waals surface area contributed by atoms with Crippen molar-refractivity contribution in [2.75, 3.05) is 4.90 Å². The lowest BCUT2D eigenvalue weighted by Gasteiger charge is -2.53. The fourth-order valence-electron chi connectivity index (χ4n) is 4.36. The molecule has 2 aliphatic heterocycles. The fraction of sp³-hybridized carbons (Fsp3) is 0.167. The molecule has 0 radical (unpaired) electrons. The first-order valence-electron chi connectivity index (χ1n) is 9.74. The van der Waals surface area contributed by atoms with Gasteiger partial charge >= 0.3 is 6.03 Å². The fourth-order valence-corrected chi connectivity index (χ4v) is 4.36. The molecule has 6 heteroatoms. The summed E-state index contributed by atoms with van der Waals surface area (Å²) in [5.41, 5.74) is 0.556. The van der Waals surface area contributed by atoms with E-state index in [1.807, 2.05) is 49.4 Å². The quantitative estimate of drug-likeness (QED) is 0.596. The molecule has 0 unspecified atom stereocenters. The third-order valence-electron chi connectivity index (χ3n) is 5.67. The molecule has 150 valence electrons. The second kappa shape index (κ2) is 6.69. The summed E-state index contributed by atoms with van der Waals surface area (Å²) in [4.78, 5) is 29.9. The number of nitrogens with zero attached hydrogens (tertiary/aromatic N) is 2. The third-order valence-corrected chi connectivity index (χ3v) is 5.67. The van der Waals surface area contributed by atoms with E-state index in [-0.39, 0.29) is 5.56 Å². The monoisotopic (exact) mass is 402 g/mol. The molecule has 0 aliphatic carbocycles. The van der Waals surface area contributed by atoms with Gasteiger partial charge in [0.25, 0.3) is 5.91 Å². The molecule has 0 saturated carbocycles. The van der Waals surface area contributed by atoms with E-state index in [0.29, 0.717) is 17.9 Å². The zero-order valence-electron chi connectivity index (χ0n) is 16.3. The van der Waals surface area contributed by atoms with Crippen molar-refractivity contribution < 1.29 is 18.7 Å². The number of anilines is 1. The molecule has 3 amide bonds. The molecule has 0 aromatic heterocycles. The van der Waals surface area contributed by atoms with E-state index in [1.54, 1.807) is 12.1 Å². The molecule has 5 nitrogen and oxygen atoms in total. The number of halogens is 1. The first kappa shape index (κ1) is 18.4. The Balaban J connectivity index is 1.68. The van der Waals surface area contributed by atoms with E-state index in [4.69, 9.17) is 4.74 Å². The summed E-state index contributed by atoms with van der Waals surface area (Å²) in [5.74, 6) is -0.437. The van der Waals surface area contributed by atoms with Gasteiger partial charge in [0.2, 0.25) is 0 Å². The molecule has 3 aromatic rings. The average molecular weight is 402 g/mol. The summed E-state index contributed by atoms with van der Waals surface area (Å²) >= 11 is 0. The van der Waals surface area contributed by atoms with Crippen LogP contribution in [0.4, 0.5) is 14.9 Å². The van der Waals surface area contributed by atoms with Crippen molar-refractivity contribution in [3.8, 4) is 5.75 Å². The number of urea groups is 1. The summed E-state index contributed by atoms with van der Waals surface area (Å²) < 4.78 is 20.1. The van der Waals surface area contributed by atoms with E-state index in [1.165, 1.54) is 28.0 Å². The summed E-state index contributed by atoms with van der Waals surface area (Å²) in [6.45, 7) is 1.85. The van der Waals surface area contributed by atoms with E-state index < -0.39 is 29.5 Å². The van der Waals surface area contributed by atoms with Crippen molar-refractivity contribution in [3.63, 3.8) is 0 Å². The van der Waals surface area contributed by atoms with Gasteiger partial charge < -0.3 is 4.74 Å². The largest absolute Gasteiger partial charge is 0.467 e. The van der Waals surface area contributed by atoms with Crippen LogP contribution in [0.25, 0.3) is 0 Å². The van der Waals surface area contributed by atoms with Crippen molar-refractivity contribution in [3.05, 3.63) is 95.8 Å². The van der Waals surface area contributed by atoms with E-state index in [9.17, 15) is 14.0 Å². The lowest BCUT2D eigenvalue weighted by Crippen LogP contribution is -2.67. The molecule has 2 bridgehead atoms. The number of imide groups is 1. The minimum absolute atomic E-state index is 0.129. The molecule has 30 heavy (non-hydrogen) atoms. The van der Waals surface area contributed by atoms with Gasteiger partial charge in [-0.15, -0.1) is 0 Å². The molecule has 0 N–H and O–H groups in total. The first-order chi connectivity index (χ1) is 14.5. The highest BCUT2D eigenvalue weighted by atomic mass is 19.1. The number of ether oxygens (including phenoxy) is 1. The molecule has 1 saturated heterocycles. The topological polar surface area (TPSA) is 49.9 Å². The van der Waals surface area contributed by atoms with Gasteiger partial charge in [-0.05, 0) is 43.3 Å². The van der Waals surface area contributed by atoms with Crippen molar-refractivity contribution in [1.29, 1.82) is 0 Å². The van der Waals surface area contributed by atoms with E-state index >= 15 is 0 Å². The summed E-state index contributed by atoms with van der Waals surface area (Å²) in [6, 6.07) is 20.9. The van der Waals surface area contributed by atoms with Crippen LogP contribution in [-0.4, -0.2) is 22.6 Å². The predicted octanol–water partition coefficient (Wildman–Crippen LogP) is 5.15. The second-order valence-electron chi connectivity index (χ2n) is 7.67. The molecular weight excluding hydrogens is 383 g/mol. The molecule has 2 heterocycles. The van der Waals surface area contributed by atoms with Crippen molar-refractivity contribution in [1.82, 2.24) is 4.90 Å². The number of para-hydroxylation sites is 2. The van der Waals surface area contributed by atoms with Crippen molar-refractivity contribution in [2.24, 2.45) is 0 Å². The van der Waals surface area contributed by atoms with Crippen LogP contribution in [0.3, 0.4) is 0 Å². The Bertz CT molecular complexity index is 1150. The minimum atomic E-state index is -0.962. The van der Waals surface area contributed by atoms with Crippen LogP contribution in [0.5, 0.6) is 5.75 Å². The Morgan fingerprint density at radius 2 is 1.77 bits per heavy atom. The number of carbonyl (C=O) groups excluding carboxylic acids is 2. The van der Waals surface area contributed by atoms with Gasteiger partial charge in [-0.3, -0.25) is 14.6 Å². The average Bonchev–Trinajstić information content (AvgIpc) is 2.74. The lowest BCUT2D eigenvalue weighted by atomic mass is 9.88. The van der Waals surface area contributed by atoms with Gasteiger partial charge in [0.15, 0.2) is 5.72 Å². The Morgan fingerprint density at radius 1 is 1.03 bits per heavy atom. The minimum Gasteiger partial charge on any atom is -0.467 e. The second-order valence-corrected chi connectivity index (χ2v) is 7.67. The molecular formula is C24H19FN2O3. The van der Waals surface area contributed by atoms with Crippen LogP contribution < -0.4 is 9.64 Å². The zero-order chi connectivity index (χ0) is 20.9. The van der Waals surface area contributed by atoms with E-state index in [0.717, 1.165) is 11.6 Å². The maximum Gasteiger partial charge on any atom is 0.335 e. The number of fused-ring (bicyclic) bond motifs is 4. The Labute approximate surface area is 173 Å². The Hall–Kier alpha value is -3.67. The van der Waals surface area contributed by atoms with Gasteiger partial charge in [-0.2, -0.15) is 0 Å². The first-order valence-corrected chi connectivity index (χ1v) is 9.74. The van der Waals surface area contributed by atoms with Crippen LogP contribution in [0.1, 0.15) is 35.3 Å². The van der Waals surface area contributed by atoms with Gasteiger partial charge in [0, 0.05) is 23.2 Å². The normalized spacial score (nSPS) is 22.3. The number of hydrogen-bond acceptors (Lipinski definition) is 3. The van der Waals surface area contributed by atoms with Crippen LogP contribution in [0, 0.1) is 5.82 Å². The number of amides is 3. The zero-order valence-corrected chi connectivity index (χ0v) is 16.3. The van der Waals surface area contributed by atoms with Gasteiger partial charge in [0.05, 0.1) is 6.04 Å². The maximum atomic E-state index is 13.8. The Kier molecular flexibility index (Phi) is 4.10. The molecule has 0 spiro atoms. The maximum absolute atomic E-state index is 13.8. The summed E-state index contributed by atoms with van der Waals surface area (Å²) in [7, 11) is 0. The summed E-state index contributed by atoms with van der Waals surface area (Å²) in [5, 5.41) is 0.